The molecule has 0 spiro atoms. The highest BCUT2D eigenvalue weighted by molar-refractivity contribution is 6.41. The van der Waals surface area contributed by atoms with Crippen molar-refractivity contribution in [1.29, 1.82) is 5.41 Å². The van der Waals surface area contributed by atoms with E-state index in [1.165, 1.54) is 6.20 Å². The Kier molecular flexibility index (Phi) is 6.22. The molecule has 0 aromatic carbocycles. The van der Waals surface area contributed by atoms with Gasteiger partial charge in [-0.15, -0.1) is 0 Å². The number of pyridine rings is 1. The van der Waals surface area contributed by atoms with Gasteiger partial charge in [-0.3, -0.25) is 20.0 Å². The summed E-state index contributed by atoms with van der Waals surface area (Å²) in [5.41, 5.74) is 0.413. The second-order valence-electron chi connectivity index (χ2n) is 8.02. The van der Waals surface area contributed by atoms with Crippen LogP contribution in [0.25, 0.3) is 0 Å². The molecule has 0 bridgehead atoms. The van der Waals surface area contributed by atoms with Gasteiger partial charge in [-0.2, -0.15) is 13.2 Å². The minimum atomic E-state index is -4.25. The van der Waals surface area contributed by atoms with Gasteiger partial charge in [0.25, 0.3) is 5.91 Å². The molecule has 168 valence electrons. The third-order valence-corrected chi connectivity index (χ3v) is 6.02. The quantitative estimate of drug-likeness (QED) is 0.427. The number of nitrogens with one attached hydrogen (secondary N) is 2. The topological polar surface area (TPSA) is 106 Å². The van der Waals surface area contributed by atoms with Crippen LogP contribution in [0.5, 0.6) is 0 Å². The number of aromatic nitrogens is 1. The molecule has 7 nitrogen and oxygen atoms in total. The van der Waals surface area contributed by atoms with Crippen LogP contribution in [0.1, 0.15) is 36.2 Å². The van der Waals surface area contributed by atoms with Crippen LogP contribution >= 0.6 is 0 Å². The Bertz CT molecular complexity index is 931. The van der Waals surface area contributed by atoms with Crippen molar-refractivity contribution in [2.75, 3.05) is 19.7 Å². The summed E-state index contributed by atoms with van der Waals surface area (Å²) in [5.74, 6) is -1.45. The van der Waals surface area contributed by atoms with E-state index in [9.17, 15) is 22.8 Å². The van der Waals surface area contributed by atoms with Crippen molar-refractivity contribution in [3.8, 4) is 0 Å². The predicted octanol–water partition coefficient (Wildman–Crippen LogP) is 2.09. The Morgan fingerprint density at radius 1 is 1.48 bits per heavy atom. The van der Waals surface area contributed by atoms with E-state index in [4.69, 9.17) is 10.5 Å². The highest BCUT2D eigenvalue weighted by Gasteiger charge is 2.59. The van der Waals surface area contributed by atoms with Gasteiger partial charge in [-0.25, -0.2) is 0 Å². The van der Waals surface area contributed by atoms with Crippen LogP contribution < -0.4 is 5.32 Å². The first-order valence-electron chi connectivity index (χ1n) is 10.0. The number of aryl methyl sites for hydroxylation is 2. The van der Waals surface area contributed by atoms with E-state index in [1.807, 2.05) is 0 Å². The van der Waals surface area contributed by atoms with E-state index < -0.39 is 35.9 Å². The summed E-state index contributed by atoms with van der Waals surface area (Å²) in [5, 5.41) is 19.6. The van der Waals surface area contributed by atoms with Gasteiger partial charge in [-0.1, -0.05) is 18.2 Å². The molecule has 3 N–H and O–H groups in total. The molecule has 1 aliphatic heterocycles. The van der Waals surface area contributed by atoms with Gasteiger partial charge in [0.15, 0.2) is 0 Å². The van der Waals surface area contributed by atoms with E-state index in [0.29, 0.717) is 16.8 Å². The Morgan fingerprint density at radius 3 is 2.74 bits per heavy atom. The maximum atomic E-state index is 13.0. The number of hydrogen-bond donors (Lipinski definition) is 3. The lowest BCUT2D eigenvalue weighted by atomic mass is 9.65. The largest absolute Gasteiger partial charge is 0.395 e. The van der Waals surface area contributed by atoms with E-state index in [1.54, 1.807) is 37.0 Å². The number of hydrogen-bond acceptors (Lipinski definition) is 5. The minimum absolute atomic E-state index is 0.0192. The Balaban J connectivity index is 1.75. The van der Waals surface area contributed by atoms with Gasteiger partial charge >= 0.3 is 6.18 Å². The second kappa shape index (κ2) is 8.41. The van der Waals surface area contributed by atoms with E-state index in [-0.39, 0.29) is 37.7 Å². The molecule has 2 aliphatic rings. The predicted molar refractivity (Wildman–Crippen MR) is 106 cm³/mol. The highest BCUT2D eigenvalue weighted by atomic mass is 19.4. The van der Waals surface area contributed by atoms with Crippen LogP contribution in [0, 0.1) is 23.7 Å². The molecule has 3 atom stereocenters. The molecule has 1 aromatic heterocycles. The number of halogens is 3. The summed E-state index contributed by atoms with van der Waals surface area (Å²) in [4.78, 5) is 31.0. The molecule has 10 heteroatoms. The van der Waals surface area contributed by atoms with Crippen LogP contribution in [0.15, 0.2) is 24.4 Å². The molecule has 0 saturated carbocycles. The number of aliphatic hydroxyl groups is 1. The molecule has 1 aliphatic carbocycles. The van der Waals surface area contributed by atoms with Crippen molar-refractivity contribution in [3.63, 3.8) is 0 Å². The van der Waals surface area contributed by atoms with Gasteiger partial charge < -0.3 is 15.3 Å². The van der Waals surface area contributed by atoms with Gasteiger partial charge in [0.05, 0.1) is 24.0 Å². The second-order valence-corrected chi connectivity index (χ2v) is 8.02. The third-order valence-electron chi connectivity index (χ3n) is 6.02. The van der Waals surface area contributed by atoms with Crippen molar-refractivity contribution in [1.82, 2.24) is 15.2 Å². The average Bonchev–Trinajstić information content (AvgIpc) is 2.88. The van der Waals surface area contributed by atoms with Crippen LogP contribution in [0.4, 0.5) is 13.2 Å². The van der Waals surface area contributed by atoms with Gasteiger partial charge in [0.1, 0.15) is 5.71 Å². The van der Waals surface area contributed by atoms with Crippen molar-refractivity contribution in [2.24, 2.45) is 11.3 Å². The number of carbonyl (C=O) groups excluding carboxylic acids is 2. The number of amides is 2. The normalized spacial score (nSPS) is 23.4. The van der Waals surface area contributed by atoms with E-state index >= 15 is 0 Å². The van der Waals surface area contributed by atoms with Crippen molar-refractivity contribution in [2.45, 2.75) is 38.9 Å². The zero-order chi connectivity index (χ0) is 23.0. The first-order valence-corrected chi connectivity index (χ1v) is 10.0. The summed E-state index contributed by atoms with van der Waals surface area (Å²) in [7, 11) is 0. The zero-order valence-corrected chi connectivity index (χ0v) is 17.3. The van der Waals surface area contributed by atoms with Crippen LogP contribution in [-0.4, -0.2) is 58.4 Å². The molecule has 1 saturated heterocycles. The number of alkyl halides is 3. The number of fused-ring (bicyclic) bond motifs is 1. The van der Waals surface area contributed by atoms with Gasteiger partial charge in [0, 0.05) is 31.4 Å². The van der Waals surface area contributed by atoms with Gasteiger partial charge in [-0.05, 0) is 31.4 Å². The molecule has 1 fully saturated rings. The number of likely N-dealkylation sites (tertiary alicyclic amines) is 1. The summed E-state index contributed by atoms with van der Waals surface area (Å²) in [6.07, 6.45) is -0.565. The van der Waals surface area contributed by atoms with E-state index in [0.717, 1.165) is 0 Å². The number of carbonyl (C=O) groups is 2. The Labute approximate surface area is 177 Å². The Morgan fingerprint density at radius 2 is 2.19 bits per heavy atom. The number of rotatable bonds is 8. The molecular formula is C21H25F3N4O3. The first-order chi connectivity index (χ1) is 14.5. The molecule has 31 heavy (non-hydrogen) atoms. The maximum absolute atomic E-state index is 13.0. The summed E-state index contributed by atoms with van der Waals surface area (Å²) in [6.45, 7) is 3.39. The maximum Gasteiger partial charge on any atom is 0.389 e. The highest BCUT2D eigenvalue weighted by Crippen LogP contribution is 2.49. The summed E-state index contributed by atoms with van der Waals surface area (Å²) in [6, 6.07) is 1.31. The average molecular weight is 438 g/mol. The molecule has 3 unspecified atom stereocenters. The molecule has 3 rings (SSSR count). The fourth-order valence-corrected chi connectivity index (χ4v) is 4.09. The fraction of sp³-hybridized carbons (Fsp3) is 0.524. The fourth-order valence-electron chi connectivity index (χ4n) is 4.09. The summed E-state index contributed by atoms with van der Waals surface area (Å²) >= 11 is 0. The monoisotopic (exact) mass is 438 g/mol. The van der Waals surface area contributed by atoms with Crippen LogP contribution in [0.2, 0.25) is 0 Å². The summed E-state index contributed by atoms with van der Waals surface area (Å²) < 4.78 is 37.5. The van der Waals surface area contributed by atoms with E-state index in [2.05, 4.69) is 10.3 Å². The molecule has 1 aromatic rings. The lowest BCUT2D eigenvalue weighted by molar-refractivity contribution is -0.134. The van der Waals surface area contributed by atoms with Crippen LogP contribution in [0.3, 0.4) is 0 Å². The molecule has 0 radical (unpaired) electrons. The third kappa shape index (κ3) is 4.34. The molecule has 2 amide bonds. The SMILES string of the molecule is Cc1cc(C(C)N2CC3(C(=N)C(=O)NCCO)C=CC3C2=O)cnc1CCC(F)(F)F. The number of aliphatic hydroxyl groups excluding tert-OH is 1. The lowest BCUT2D eigenvalue weighted by Crippen LogP contribution is -2.49. The first kappa shape index (κ1) is 22.9. The van der Waals surface area contributed by atoms with Crippen molar-refractivity contribution < 1.29 is 27.9 Å². The molecular weight excluding hydrogens is 413 g/mol. The molecule has 2 heterocycles. The lowest BCUT2D eigenvalue weighted by Gasteiger charge is -2.35. The minimum Gasteiger partial charge on any atom is -0.395 e. The Hall–Kier alpha value is -2.75. The standard InChI is InChI=1S/C21H25F3N4O3/c1-12-9-14(10-27-16(12)4-6-21(22,23)24)13(2)28-11-20(5-3-15(20)19(28)31)17(25)18(30)26-7-8-29/h3,5,9-10,13,15,25,29H,4,6-8,11H2,1-2H3,(H,26,30). The smallest absolute Gasteiger partial charge is 0.389 e. The zero-order valence-electron chi connectivity index (χ0n) is 17.3. The van der Waals surface area contributed by atoms with Gasteiger partial charge in [0.2, 0.25) is 5.91 Å². The van der Waals surface area contributed by atoms with Crippen molar-refractivity contribution in [3.05, 3.63) is 41.2 Å². The number of nitrogens with zero attached hydrogens (tertiary/aromatic N) is 2. The van der Waals surface area contributed by atoms with Crippen LogP contribution in [-0.2, 0) is 16.0 Å². The van der Waals surface area contributed by atoms with Crippen molar-refractivity contribution >= 4 is 17.5 Å².